The minimum atomic E-state index is -0.298. The van der Waals surface area contributed by atoms with Crippen LogP contribution in [0.3, 0.4) is 0 Å². The Morgan fingerprint density at radius 1 is 1.41 bits per heavy atom. The molecule has 0 aromatic carbocycles. The molecule has 7 nitrogen and oxygen atoms in total. The minimum absolute atomic E-state index is 0.229. The SMILES string of the molecule is O=C(NCCc1ncn[nH]1)c1ccc(Cl)nn1. The number of carbonyl (C=O) groups excluding carboxylic acids is 1. The summed E-state index contributed by atoms with van der Waals surface area (Å²) in [5.41, 5.74) is 0.229. The van der Waals surface area contributed by atoms with Gasteiger partial charge < -0.3 is 5.32 Å². The van der Waals surface area contributed by atoms with Crippen LogP contribution in [-0.2, 0) is 6.42 Å². The van der Waals surface area contributed by atoms with Crippen LogP contribution in [0.15, 0.2) is 18.5 Å². The summed E-state index contributed by atoms with van der Waals surface area (Å²) in [4.78, 5) is 15.5. The molecule has 8 heteroatoms. The molecule has 0 radical (unpaired) electrons. The summed E-state index contributed by atoms with van der Waals surface area (Å²) in [5, 5.41) is 16.6. The van der Waals surface area contributed by atoms with Gasteiger partial charge in [-0.1, -0.05) is 11.6 Å². The summed E-state index contributed by atoms with van der Waals surface area (Å²) < 4.78 is 0. The van der Waals surface area contributed by atoms with Gasteiger partial charge in [0.25, 0.3) is 5.91 Å². The summed E-state index contributed by atoms with van der Waals surface area (Å²) >= 11 is 5.56. The number of H-pyrrole nitrogens is 1. The molecule has 2 N–H and O–H groups in total. The van der Waals surface area contributed by atoms with Crippen molar-refractivity contribution < 1.29 is 4.79 Å². The highest BCUT2D eigenvalue weighted by molar-refractivity contribution is 6.29. The van der Waals surface area contributed by atoms with Crippen LogP contribution in [0.25, 0.3) is 0 Å². The van der Waals surface area contributed by atoms with Crippen LogP contribution < -0.4 is 5.32 Å². The lowest BCUT2D eigenvalue weighted by atomic mass is 10.3. The summed E-state index contributed by atoms with van der Waals surface area (Å²) in [7, 11) is 0. The molecule has 2 aromatic rings. The van der Waals surface area contributed by atoms with Crippen LogP contribution in [0, 0.1) is 0 Å². The van der Waals surface area contributed by atoms with Crippen molar-refractivity contribution in [1.29, 1.82) is 0 Å². The number of carbonyl (C=O) groups is 1. The highest BCUT2D eigenvalue weighted by Crippen LogP contribution is 2.01. The third kappa shape index (κ3) is 3.22. The second-order valence-electron chi connectivity index (χ2n) is 3.18. The van der Waals surface area contributed by atoms with Crippen molar-refractivity contribution in [2.24, 2.45) is 0 Å². The molecule has 0 aliphatic carbocycles. The first kappa shape index (κ1) is 11.5. The summed E-state index contributed by atoms with van der Waals surface area (Å²) in [5.74, 6) is 0.418. The van der Waals surface area contributed by atoms with Gasteiger partial charge in [-0.2, -0.15) is 5.10 Å². The molecule has 0 spiro atoms. The lowest BCUT2D eigenvalue weighted by molar-refractivity contribution is 0.0948. The molecule has 0 saturated heterocycles. The first-order chi connectivity index (χ1) is 8.25. The topological polar surface area (TPSA) is 96.5 Å². The maximum Gasteiger partial charge on any atom is 0.271 e. The molecule has 0 fully saturated rings. The number of hydrogen-bond acceptors (Lipinski definition) is 5. The number of rotatable bonds is 4. The van der Waals surface area contributed by atoms with E-state index in [1.165, 1.54) is 18.5 Å². The van der Waals surface area contributed by atoms with Crippen LogP contribution in [-0.4, -0.2) is 37.8 Å². The van der Waals surface area contributed by atoms with Crippen LogP contribution in [0.4, 0.5) is 0 Å². The average Bonchev–Trinajstić information content (AvgIpc) is 2.83. The van der Waals surface area contributed by atoms with E-state index in [1.54, 1.807) is 0 Å². The average molecular weight is 253 g/mol. The second kappa shape index (κ2) is 5.35. The highest BCUT2D eigenvalue weighted by Gasteiger charge is 2.07. The Balaban J connectivity index is 1.83. The van der Waals surface area contributed by atoms with Crippen molar-refractivity contribution in [2.45, 2.75) is 6.42 Å². The van der Waals surface area contributed by atoms with Gasteiger partial charge in [0, 0.05) is 13.0 Å². The van der Waals surface area contributed by atoms with Gasteiger partial charge in [0.15, 0.2) is 10.8 Å². The molecule has 88 valence electrons. The number of aromatic amines is 1. The molecule has 2 rings (SSSR count). The van der Waals surface area contributed by atoms with E-state index in [-0.39, 0.29) is 16.8 Å². The molecule has 2 heterocycles. The van der Waals surface area contributed by atoms with E-state index in [4.69, 9.17) is 11.6 Å². The number of amides is 1. The number of hydrogen-bond donors (Lipinski definition) is 2. The number of nitrogens with zero attached hydrogens (tertiary/aromatic N) is 4. The molecule has 0 atom stereocenters. The zero-order chi connectivity index (χ0) is 12.1. The molecule has 17 heavy (non-hydrogen) atoms. The third-order valence-electron chi connectivity index (χ3n) is 1.98. The lowest BCUT2D eigenvalue weighted by Crippen LogP contribution is -2.27. The third-order valence-corrected chi connectivity index (χ3v) is 2.18. The molecule has 1 amide bonds. The fourth-order valence-electron chi connectivity index (χ4n) is 1.17. The van der Waals surface area contributed by atoms with Crippen molar-refractivity contribution in [3.8, 4) is 0 Å². The normalized spacial score (nSPS) is 10.2. The largest absolute Gasteiger partial charge is 0.350 e. The summed E-state index contributed by atoms with van der Waals surface area (Å²) in [6, 6.07) is 3.03. The Bertz CT molecular complexity index is 483. The first-order valence-corrected chi connectivity index (χ1v) is 5.25. The molecule has 0 unspecified atom stereocenters. The first-order valence-electron chi connectivity index (χ1n) is 4.87. The van der Waals surface area contributed by atoms with Crippen LogP contribution >= 0.6 is 11.6 Å². The number of nitrogens with one attached hydrogen (secondary N) is 2. The predicted molar refractivity (Wildman–Crippen MR) is 59.5 cm³/mol. The number of aromatic nitrogens is 5. The minimum Gasteiger partial charge on any atom is -0.350 e. The van der Waals surface area contributed by atoms with Crippen LogP contribution in [0.5, 0.6) is 0 Å². The molecular formula is C9H9ClN6O. The Kier molecular flexibility index (Phi) is 3.61. The Morgan fingerprint density at radius 2 is 2.29 bits per heavy atom. The van der Waals surface area contributed by atoms with E-state index in [2.05, 4.69) is 30.7 Å². The van der Waals surface area contributed by atoms with E-state index in [0.29, 0.717) is 18.8 Å². The van der Waals surface area contributed by atoms with Crippen LogP contribution in [0.2, 0.25) is 5.15 Å². The molecule has 2 aromatic heterocycles. The maximum absolute atomic E-state index is 11.6. The van der Waals surface area contributed by atoms with E-state index in [1.807, 2.05) is 0 Å². The predicted octanol–water partition coefficient (Wildman–Crippen LogP) is 0.221. The van der Waals surface area contributed by atoms with Gasteiger partial charge in [0.1, 0.15) is 12.2 Å². The van der Waals surface area contributed by atoms with Crippen molar-refractivity contribution in [3.63, 3.8) is 0 Å². The molecule has 0 saturated carbocycles. The monoisotopic (exact) mass is 252 g/mol. The van der Waals surface area contributed by atoms with Crippen molar-refractivity contribution in [1.82, 2.24) is 30.7 Å². The lowest BCUT2D eigenvalue weighted by Gasteiger charge is -2.02. The standard InChI is InChI=1S/C9H9ClN6O/c10-7-2-1-6(14-15-7)9(17)11-4-3-8-12-5-13-16-8/h1-2,5H,3-4H2,(H,11,17)(H,12,13,16). The summed E-state index contributed by atoms with van der Waals surface area (Å²) in [6.07, 6.45) is 1.99. The van der Waals surface area contributed by atoms with Crippen molar-refractivity contribution in [3.05, 3.63) is 35.1 Å². The van der Waals surface area contributed by atoms with Crippen LogP contribution in [0.1, 0.15) is 16.3 Å². The molecule has 0 aliphatic heterocycles. The Labute approximate surface area is 102 Å². The van der Waals surface area contributed by atoms with Gasteiger partial charge in [-0.15, -0.1) is 10.2 Å². The zero-order valence-electron chi connectivity index (χ0n) is 8.72. The highest BCUT2D eigenvalue weighted by atomic mass is 35.5. The van der Waals surface area contributed by atoms with Gasteiger partial charge in [0.05, 0.1) is 0 Å². The van der Waals surface area contributed by atoms with E-state index < -0.39 is 0 Å². The van der Waals surface area contributed by atoms with Crippen molar-refractivity contribution in [2.75, 3.05) is 6.54 Å². The Morgan fingerprint density at radius 3 is 2.94 bits per heavy atom. The molecule has 0 aliphatic rings. The second-order valence-corrected chi connectivity index (χ2v) is 3.57. The van der Waals surface area contributed by atoms with E-state index >= 15 is 0 Å². The fourth-order valence-corrected chi connectivity index (χ4v) is 1.27. The van der Waals surface area contributed by atoms with E-state index in [9.17, 15) is 4.79 Å². The Hall–Kier alpha value is -2.02. The van der Waals surface area contributed by atoms with Gasteiger partial charge in [-0.25, -0.2) is 4.98 Å². The van der Waals surface area contributed by atoms with Gasteiger partial charge in [0.2, 0.25) is 0 Å². The van der Waals surface area contributed by atoms with Gasteiger partial charge >= 0.3 is 0 Å². The van der Waals surface area contributed by atoms with Gasteiger partial charge in [-0.3, -0.25) is 9.89 Å². The fraction of sp³-hybridized carbons (Fsp3) is 0.222. The smallest absolute Gasteiger partial charge is 0.271 e. The van der Waals surface area contributed by atoms with E-state index in [0.717, 1.165) is 0 Å². The van der Waals surface area contributed by atoms with Gasteiger partial charge in [-0.05, 0) is 12.1 Å². The molecule has 0 bridgehead atoms. The maximum atomic E-state index is 11.6. The quantitative estimate of drug-likeness (QED) is 0.811. The van der Waals surface area contributed by atoms with Crippen molar-refractivity contribution >= 4 is 17.5 Å². The molecular weight excluding hydrogens is 244 g/mol. The zero-order valence-corrected chi connectivity index (χ0v) is 9.48. The number of halogens is 1. The summed E-state index contributed by atoms with van der Waals surface area (Å²) in [6.45, 7) is 0.443.